The number of hydrogen-bond acceptors (Lipinski definition) is 3. The molecule has 0 aliphatic carbocycles. The van der Waals surface area contributed by atoms with Crippen molar-refractivity contribution in [2.24, 2.45) is 0 Å². The van der Waals surface area contributed by atoms with Gasteiger partial charge in [-0.2, -0.15) is 0 Å². The van der Waals surface area contributed by atoms with Crippen molar-refractivity contribution in [3.05, 3.63) is 60.2 Å². The second-order valence-corrected chi connectivity index (χ2v) is 4.90. The fraction of sp³-hybridized carbons (Fsp3) is 0.235. The van der Waals surface area contributed by atoms with E-state index in [1.54, 1.807) is 31.4 Å². The molecule has 0 saturated carbocycles. The number of carbonyl (C=O) groups is 1. The lowest BCUT2D eigenvalue weighted by molar-refractivity contribution is 0.224. The van der Waals surface area contributed by atoms with Gasteiger partial charge in [0.2, 0.25) is 0 Å². The van der Waals surface area contributed by atoms with Crippen molar-refractivity contribution in [2.75, 3.05) is 19.0 Å². The van der Waals surface area contributed by atoms with Crippen LogP contribution in [0.15, 0.2) is 54.6 Å². The molecule has 1 unspecified atom stereocenters. The highest BCUT2D eigenvalue weighted by Crippen LogP contribution is 2.16. The quantitative estimate of drug-likeness (QED) is 0.767. The summed E-state index contributed by atoms with van der Waals surface area (Å²) in [5, 5.41) is 14.9. The van der Waals surface area contributed by atoms with Crippen molar-refractivity contribution in [2.45, 2.75) is 12.5 Å². The normalized spacial score (nSPS) is 11.5. The first-order valence-corrected chi connectivity index (χ1v) is 7.07. The van der Waals surface area contributed by atoms with E-state index in [1.807, 2.05) is 30.3 Å². The molecule has 0 heterocycles. The molecule has 3 N–H and O–H groups in total. The predicted molar refractivity (Wildman–Crippen MR) is 86.2 cm³/mol. The van der Waals surface area contributed by atoms with Gasteiger partial charge in [0.05, 0.1) is 19.8 Å². The van der Waals surface area contributed by atoms with Crippen molar-refractivity contribution in [3.63, 3.8) is 0 Å². The number of carbonyl (C=O) groups excluding carboxylic acids is 1. The van der Waals surface area contributed by atoms with Gasteiger partial charge < -0.3 is 20.5 Å². The Hall–Kier alpha value is -2.53. The van der Waals surface area contributed by atoms with Crippen molar-refractivity contribution >= 4 is 11.7 Å². The summed E-state index contributed by atoms with van der Waals surface area (Å²) in [5.41, 5.74) is 1.69. The van der Waals surface area contributed by atoms with Crippen LogP contribution in [0.3, 0.4) is 0 Å². The summed E-state index contributed by atoms with van der Waals surface area (Å²) in [7, 11) is 1.57. The number of aliphatic hydroxyl groups is 1. The zero-order chi connectivity index (χ0) is 15.8. The second-order valence-electron chi connectivity index (χ2n) is 4.90. The lowest BCUT2D eigenvalue weighted by atomic mass is 10.1. The van der Waals surface area contributed by atoms with E-state index in [9.17, 15) is 9.90 Å². The molecule has 116 valence electrons. The van der Waals surface area contributed by atoms with Crippen LogP contribution < -0.4 is 15.4 Å². The summed E-state index contributed by atoms with van der Waals surface area (Å²) in [6, 6.07) is 16.1. The van der Waals surface area contributed by atoms with Gasteiger partial charge in [0, 0.05) is 11.8 Å². The fourth-order valence-corrected chi connectivity index (χ4v) is 2.11. The summed E-state index contributed by atoms with van der Waals surface area (Å²) >= 11 is 0. The third kappa shape index (κ3) is 4.79. The van der Waals surface area contributed by atoms with Gasteiger partial charge in [-0.3, -0.25) is 0 Å². The first-order chi connectivity index (χ1) is 10.7. The van der Waals surface area contributed by atoms with Gasteiger partial charge in [-0.25, -0.2) is 4.79 Å². The highest BCUT2D eigenvalue weighted by molar-refractivity contribution is 5.89. The SMILES string of the molecule is COc1cccc(NC(=O)NC(CO)Cc2ccccc2)c1. The standard InChI is InChI=1S/C17H20N2O3/c1-22-16-9-5-8-14(11-16)18-17(21)19-15(12-20)10-13-6-3-2-4-7-13/h2-9,11,15,20H,10,12H2,1H3,(H2,18,19,21). The Labute approximate surface area is 129 Å². The molecule has 0 aliphatic heterocycles. The molecule has 5 heteroatoms. The summed E-state index contributed by atoms with van der Waals surface area (Å²) < 4.78 is 5.11. The maximum Gasteiger partial charge on any atom is 0.319 e. The Kier molecular flexibility index (Phi) is 5.80. The first-order valence-electron chi connectivity index (χ1n) is 7.07. The van der Waals surface area contributed by atoms with E-state index in [-0.39, 0.29) is 18.7 Å². The van der Waals surface area contributed by atoms with Crippen molar-refractivity contribution < 1.29 is 14.6 Å². The summed E-state index contributed by atoms with van der Waals surface area (Å²) in [5.74, 6) is 0.667. The Morgan fingerprint density at radius 1 is 1.18 bits per heavy atom. The summed E-state index contributed by atoms with van der Waals surface area (Å²) in [6.45, 7) is -0.125. The van der Waals surface area contributed by atoms with Gasteiger partial charge in [-0.15, -0.1) is 0 Å². The Morgan fingerprint density at radius 3 is 2.64 bits per heavy atom. The van der Waals surface area contributed by atoms with E-state index in [0.29, 0.717) is 17.9 Å². The number of ether oxygens (including phenoxy) is 1. The molecule has 0 radical (unpaired) electrons. The largest absolute Gasteiger partial charge is 0.497 e. The molecule has 2 rings (SSSR count). The highest BCUT2D eigenvalue weighted by Gasteiger charge is 2.12. The van der Waals surface area contributed by atoms with Crippen LogP contribution in [0.2, 0.25) is 0 Å². The van der Waals surface area contributed by atoms with E-state index in [4.69, 9.17) is 4.74 Å². The van der Waals surface area contributed by atoms with Crippen molar-refractivity contribution in [1.82, 2.24) is 5.32 Å². The minimum Gasteiger partial charge on any atom is -0.497 e. The van der Waals surface area contributed by atoms with Gasteiger partial charge in [-0.1, -0.05) is 36.4 Å². The third-order valence-electron chi connectivity index (χ3n) is 3.21. The van der Waals surface area contributed by atoms with Crippen LogP contribution in [0.4, 0.5) is 10.5 Å². The average Bonchev–Trinajstić information content (AvgIpc) is 2.55. The topological polar surface area (TPSA) is 70.6 Å². The molecule has 0 bridgehead atoms. The number of rotatable bonds is 6. The zero-order valence-electron chi connectivity index (χ0n) is 12.5. The van der Waals surface area contributed by atoms with Crippen LogP contribution in [0, 0.1) is 0 Å². The van der Waals surface area contributed by atoms with Crippen LogP contribution in [-0.4, -0.2) is 30.9 Å². The lowest BCUT2D eigenvalue weighted by Crippen LogP contribution is -2.41. The maximum atomic E-state index is 12.0. The number of urea groups is 1. The van der Waals surface area contributed by atoms with Crippen LogP contribution in [0.25, 0.3) is 0 Å². The Balaban J connectivity index is 1.91. The van der Waals surface area contributed by atoms with Crippen LogP contribution in [0.1, 0.15) is 5.56 Å². The summed E-state index contributed by atoms with van der Waals surface area (Å²) in [4.78, 5) is 12.0. The van der Waals surface area contributed by atoms with Crippen LogP contribution in [0.5, 0.6) is 5.75 Å². The Morgan fingerprint density at radius 2 is 1.95 bits per heavy atom. The number of hydrogen-bond donors (Lipinski definition) is 3. The van der Waals surface area contributed by atoms with Gasteiger partial charge in [0.15, 0.2) is 0 Å². The van der Waals surface area contributed by atoms with E-state index in [2.05, 4.69) is 10.6 Å². The monoisotopic (exact) mass is 300 g/mol. The van der Waals surface area contributed by atoms with Crippen molar-refractivity contribution in [3.8, 4) is 5.75 Å². The number of benzene rings is 2. The van der Waals surface area contributed by atoms with Crippen LogP contribution in [-0.2, 0) is 6.42 Å². The molecule has 2 aromatic carbocycles. The molecule has 0 fully saturated rings. The molecule has 0 saturated heterocycles. The van der Waals surface area contributed by atoms with E-state index in [1.165, 1.54) is 0 Å². The smallest absolute Gasteiger partial charge is 0.319 e. The van der Waals surface area contributed by atoms with Gasteiger partial charge in [0.25, 0.3) is 0 Å². The van der Waals surface area contributed by atoms with Crippen LogP contribution >= 0.6 is 0 Å². The maximum absolute atomic E-state index is 12.0. The minimum atomic E-state index is -0.358. The number of anilines is 1. The van der Waals surface area contributed by atoms with E-state index in [0.717, 1.165) is 5.56 Å². The number of aliphatic hydroxyl groups excluding tert-OH is 1. The molecule has 5 nitrogen and oxygen atoms in total. The highest BCUT2D eigenvalue weighted by atomic mass is 16.5. The van der Waals surface area contributed by atoms with Gasteiger partial charge in [0.1, 0.15) is 5.75 Å². The molecule has 2 amide bonds. The second kappa shape index (κ2) is 8.05. The molecule has 2 aromatic rings. The third-order valence-corrected chi connectivity index (χ3v) is 3.21. The zero-order valence-corrected chi connectivity index (χ0v) is 12.5. The average molecular weight is 300 g/mol. The van der Waals surface area contributed by atoms with Gasteiger partial charge >= 0.3 is 6.03 Å². The minimum absolute atomic E-state index is 0.125. The molecule has 0 aromatic heterocycles. The number of amides is 2. The van der Waals surface area contributed by atoms with E-state index < -0.39 is 0 Å². The number of methoxy groups -OCH3 is 1. The van der Waals surface area contributed by atoms with Gasteiger partial charge in [-0.05, 0) is 24.1 Å². The van der Waals surface area contributed by atoms with Crippen molar-refractivity contribution in [1.29, 1.82) is 0 Å². The Bertz CT molecular complexity index is 602. The molecular weight excluding hydrogens is 280 g/mol. The first kappa shape index (κ1) is 15.9. The lowest BCUT2D eigenvalue weighted by Gasteiger charge is -2.17. The molecule has 1 atom stereocenters. The molecule has 22 heavy (non-hydrogen) atoms. The predicted octanol–water partition coefficient (Wildman–Crippen LogP) is 2.42. The number of nitrogens with one attached hydrogen (secondary N) is 2. The molecular formula is C17H20N2O3. The molecule has 0 aliphatic rings. The fourth-order valence-electron chi connectivity index (χ4n) is 2.11. The van der Waals surface area contributed by atoms with E-state index >= 15 is 0 Å². The summed E-state index contributed by atoms with van der Waals surface area (Å²) in [6.07, 6.45) is 0.572. The molecule has 0 spiro atoms.